The van der Waals surface area contributed by atoms with Crippen molar-refractivity contribution >= 4 is 23.1 Å². The first kappa shape index (κ1) is 9.49. The first-order chi connectivity index (χ1) is 6.40. The molecule has 1 aliphatic heterocycles. The van der Waals surface area contributed by atoms with Crippen molar-refractivity contribution in [2.75, 3.05) is 19.3 Å². The number of rotatable bonds is 2. The van der Waals surface area contributed by atoms with Crippen LogP contribution in [-0.4, -0.2) is 24.3 Å². The monoisotopic (exact) mass is 214 g/mol. The standard InChI is InChI=1S/C9H14N2S2/c1-12-9-11-6-8(13-9)7-2-4-10-5-3-7/h6-7,10H,2-5H2,1H3. The van der Waals surface area contributed by atoms with Gasteiger partial charge in [0.15, 0.2) is 0 Å². The Morgan fingerprint density at radius 3 is 2.92 bits per heavy atom. The third kappa shape index (κ3) is 2.24. The molecular formula is C9H14N2S2. The molecule has 0 unspecified atom stereocenters. The molecular weight excluding hydrogens is 200 g/mol. The van der Waals surface area contributed by atoms with E-state index in [1.165, 1.54) is 22.1 Å². The molecule has 13 heavy (non-hydrogen) atoms. The van der Waals surface area contributed by atoms with E-state index in [1.807, 2.05) is 11.3 Å². The highest BCUT2D eigenvalue weighted by atomic mass is 32.2. The topological polar surface area (TPSA) is 24.9 Å². The van der Waals surface area contributed by atoms with Crippen LogP contribution in [0.15, 0.2) is 10.5 Å². The van der Waals surface area contributed by atoms with Gasteiger partial charge < -0.3 is 5.32 Å². The molecule has 0 atom stereocenters. The molecule has 1 fully saturated rings. The van der Waals surface area contributed by atoms with Crippen LogP contribution >= 0.6 is 23.1 Å². The number of hydrogen-bond donors (Lipinski definition) is 1. The molecule has 1 aromatic rings. The van der Waals surface area contributed by atoms with Crippen LogP contribution in [0.3, 0.4) is 0 Å². The van der Waals surface area contributed by atoms with E-state index in [0.717, 1.165) is 19.0 Å². The second-order valence-electron chi connectivity index (χ2n) is 3.26. The molecule has 0 saturated carbocycles. The summed E-state index contributed by atoms with van der Waals surface area (Å²) in [5.41, 5.74) is 0. The summed E-state index contributed by atoms with van der Waals surface area (Å²) < 4.78 is 1.20. The summed E-state index contributed by atoms with van der Waals surface area (Å²) in [6.45, 7) is 2.33. The molecule has 72 valence electrons. The third-order valence-corrected chi connectivity index (χ3v) is 4.58. The van der Waals surface area contributed by atoms with Crippen LogP contribution in [0.5, 0.6) is 0 Å². The molecule has 1 aromatic heterocycles. The largest absolute Gasteiger partial charge is 0.317 e. The maximum atomic E-state index is 4.37. The zero-order chi connectivity index (χ0) is 9.10. The Labute approximate surface area is 87.1 Å². The van der Waals surface area contributed by atoms with E-state index in [0.29, 0.717) is 0 Å². The SMILES string of the molecule is CSc1ncc(C2CCNCC2)s1. The lowest BCUT2D eigenvalue weighted by molar-refractivity contribution is 0.465. The van der Waals surface area contributed by atoms with Crippen LogP contribution in [0.25, 0.3) is 0 Å². The minimum absolute atomic E-state index is 0.764. The second-order valence-corrected chi connectivity index (χ2v) is 5.37. The number of hydrogen-bond acceptors (Lipinski definition) is 4. The van der Waals surface area contributed by atoms with Crippen molar-refractivity contribution in [1.82, 2.24) is 10.3 Å². The van der Waals surface area contributed by atoms with Crippen LogP contribution in [0.4, 0.5) is 0 Å². The fourth-order valence-corrected chi connectivity index (χ4v) is 3.25. The molecule has 0 radical (unpaired) electrons. The van der Waals surface area contributed by atoms with Crippen molar-refractivity contribution in [2.24, 2.45) is 0 Å². The average molecular weight is 214 g/mol. The van der Waals surface area contributed by atoms with Crippen LogP contribution in [-0.2, 0) is 0 Å². The molecule has 2 nitrogen and oxygen atoms in total. The molecule has 0 aromatic carbocycles. The summed E-state index contributed by atoms with van der Waals surface area (Å²) in [6, 6.07) is 0. The second kappa shape index (κ2) is 4.44. The smallest absolute Gasteiger partial charge is 0.149 e. The number of aromatic nitrogens is 1. The summed E-state index contributed by atoms with van der Waals surface area (Å²) in [4.78, 5) is 5.85. The number of thiazole rings is 1. The van der Waals surface area contributed by atoms with Crippen LogP contribution < -0.4 is 5.32 Å². The van der Waals surface area contributed by atoms with Gasteiger partial charge in [0.25, 0.3) is 0 Å². The lowest BCUT2D eigenvalue weighted by Crippen LogP contribution is -2.26. The van der Waals surface area contributed by atoms with Gasteiger partial charge in [-0.25, -0.2) is 4.98 Å². The lowest BCUT2D eigenvalue weighted by Gasteiger charge is -2.20. The van der Waals surface area contributed by atoms with E-state index in [-0.39, 0.29) is 0 Å². The van der Waals surface area contributed by atoms with E-state index < -0.39 is 0 Å². The molecule has 0 spiro atoms. The van der Waals surface area contributed by atoms with Gasteiger partial charge in [0.1, 0.15) is 4.34 Å². The first-order valence-electron chi connectivity index (χ1n) is 4.60. The van der Waals surface area contributed by atoms with Gasteiger partial charge in [-0.05, 0) is 38.1 Å². The van der Waals surface area contributed by atoms with E-state index in [1.54, 1.807) is 11.8 Å². The molecule has 4 heteroatoms. The van der Waals surface area contributed by atoms with Crippen LogP contribution in [0.1, 0.15) is 23.6 Å². The van der Waals surface area contributed by atoms with E-state index >= 15 is 0 Å². The maximum Gasteiger partial charge on any atom is 0.149 e. The average Bonchev–Trinajstić information content (AvgIpc) is 2.67. The van der Waals surface area contributed by atoms with Crippen molar-refractivity contribution in [1.29, 1.82) is 0 Å². The lowest BCUT2D eigenvalue weighted by atomic mass is 9.97. The van der Waals surface area contributed by atoms with Crippen molar-refractivity contribution in [2.45, 2.75) is 23.1 Å². The van der Waals surface area contributed by atoms with Crippen LogP contribution in [0.2, 0.25) is 0 Å². The van der Waals surface area contributed by atoms with E-state index in [9.17, 15) is 0 Å². The fraction of sp³-hybridized carbons (Fsp3) is 0.667. The summed E-state index contributed by atoms with van der Waals surface area (Å²) in [7, 11) is 0. The quantitative estimate of drug-likeness (QED) is 0.765. The van der Waals surface area contributed by atoms with Crippen molar-refractivity contribution < 1.29 is 0 Å². The fourth-order valence-electron chi connectivity index (χ4n) is 1.66. The predicted molar refractivity (Wildman–Crippen MR) is 58.7 cm³/mol. The van der Waals surface area contributed by atoms with Crippen LogP contribution in [0, 0.1) is 0 Å². The summed E-state index contributed by atoms with van der Waals surface area (Å²) in [5, 5.41) is 3.38. The molecule has 0 amide bonds. The predicted octanol–water partition coefficient (Wildman–Crippen LogP) is 2.33. The summed E-state index contributed by atoms with van der Waals surface area (Å²) in [6.07, 6.45) is 6.70. The van der Waals surface area contributed by atoms with Gasteiger partial charge in [0.05, 0.1) is 0 Å². The third-order valence-electron chi connectivity index (χ3n) is 2.42. The molecule has 0 bridgehead atoms. The zero-order valence-electron chi connectivity index (χ0n) is 7.75. The van der Waals surface area contributed by atoms with Gasteiger partial charge in [-0.2, -0.15) is 0 Å². The molecule has 1 saturated heterocycles. The van der Waals surface area contributed by atoms with Gasteiger partial charge >= 0.3 is 0 Å². The van der Waals surface area contributed by atoms with Gasteiger partial charge in [0.2, 0.25) is 0 Å². The molecule has 2 rings (SSSR count). The Balaban J connectivity index is 2.05. The molecule has 1 aliphatic rings. The Hall–Kier alpha value is -0.0600. The van der Waals surface area contributed by atoms with Crippen molar-refractivity contribution in [3.05, 3.63) is 11.1 Å². The van der Waals surface area contributed by atoms with E-state index in [4.69, 9.17) is 0 Å². The van der Waals surface area contributed by atoms with Crippen molar-refractivity contribution in [3.63, 3.8) is 0 Å². The minimum Gasteiger partial charge on any atom is -0.317 e. The molecule has 0 aliphatic carbocycles. The maximum absolute atomic E-state index is 4.37. The van der Waals surface area contributed by atoms with Gasteiger partial charge in [-0.1, -0.05) is 11.8 Å². The van der Waals surface area contributed by atoms with E-state index in [2.05, 4.69) is 22.8 Å². The van der Waals surface area contributed by atoms with Gasteiger partial charge in [-0.15, -0.1) is 11.3 Å². The highest BCUT2D eigenvalue weighted by molar-refractivity contribution is 8.00. The zero-order valence-corrected chi connectivity index (χ0v) is 9.38. The van der Waals surface area contributed by atoms with Crippen molar-refractivity contribution in [3.8, 4) is 0 Å². The molecule has 1 N–H and O–H groups in total. The molecule has 2 heterocycles. The Morgan fingerprint density at radius 1 is 1.54 bits per heavy atom. The number of piperidine rings is 1. The van der Waals surface area contributed by atoms with Gasteiger partial charge in [0, 0.05) is 11.1 Å². The minimum atomic E-state index is 0.764. The first-order valence-corrected chi connectivity index (χ1v) is 6.64. The highest BCUT2D eigenvalue weighted by Gasteiger charge is 2.17. The highest BCUT2D eigenvalue weighted by Crippen LogP contribution is 2.32. The summed E-state index contributed by atoms with van der Waals surface area (Å²) in [5.74, 6) is 0.764. The number of nitrogens with zero attached hydrogens (tertiary/aromatic N) is 1. The summed E-state index contributed by atoms with van der Waals surface area (Å²) >= 11 is 3.61. The Kier molecular flexibility index (Phi) is 3.24. The normalized spacial score (nSPS) is 19.2. The Morgan fingerprint density at radius 2 is 2.31 bits per heavy atom. The number of thioether (sulfide) groups is 1. The number of nitrogens with one attached hydrogen (secondary N) is 1. The van der Waals surface area contributed by atoms with Gasteiger partial charge in [-0.3, -0.25) is 0 Å². The Bertz CT molecular complexity index is 266.